The summed E-state index contributed by atoms with van der Waals surface area (Å²) >= 11 is 9.06. The first-order valence-corrected chi connectivity index (χ1v) is 8.42. The second kappa shape index (κ2) is 5.99. The first-order chi connectivity index (χ1) is 9.72. The van der Waals surface area contributed by atoms with Gasteiger partial charge in [0.2, 0.25) is 0 Å². The molecule has 20 heavy (non-hydrogen) atoms. The van der Waals surface area contributed by atoms with Crippen molar-refractivity contribution in [2.45, 2.75) is 11.5 Å². The number of hydrogen-bond donors (Lipinski definition) is 1. The first kappa shape index (κ1) is 13.7. The quantitative estimate of drug-likeness (QED) is 0.787. The monoisotopic (exact) mass is 322 g/mol. The molecule has 0 bridgehead atoms. The Kier molecular flexibility index (Phi) is 4.10. The highest BCUT2D eigenvalue weighted by Gasteiger charge is 2.05. The lowest BCUT2D eigenvalue weighted by atomic mass is 10.2. The summed E-state index contributed by atoms with van der Waals surface area (Å²) in [5.74, 6) is 2.23. The molecule has 0 fully saturated rings. The van der Waals surface area contributed by atoms with Gasteiger partial charge in [-0.05, 0) is 29.1 Å². The molecular formula is C14H11ClN2OS2. The lowest BCUT2D eigenvalue weighted by Crippen LogP contribution is -2.09. The Bertz CT molecular complexity index is 797. The third-order valence-corrected chi connectivity index (χ3v) is 4.91. The number of aromatic nitrogens is 2. The number of thioether (sulfide) groups is 1. The van der Waals surface area contributed by atoms with Gasteiger partial charge in [-0.1, -0.05) is 23.7 Å². The molecule has 3 nitrogen and oxygen atoms in total. The van der Waals surface area contributed by atoms with Gasteiger partial charge in [0.05, 0.1) is 11.3 Å². The molecule has 0 aliphatic carbocycles. The molecule has 1 aromatic carbocycles. The van der Waals surface area contributed by atoms with Gasteiger partial charge < -0.3 is 4.98 Å². The lowest BCUT2D eigenvalue weighted by molar-refractivity contribution is 1.04. The number of fused-ring (bicyclic) bond motifs is 1. The Morgan fingerprint density at radius 2 is 2.20 bits per heavy atom. The molecule has 3 aromatic rings. The van der Waals surface area contributed by atoms with Gasteiger partial charge in [0.15, 0.2) is 0 Å². The molecule has 3 rings (SSSR count). The third-order valence-electron chi connectivity index (χ3n) is 2.76. The van der Waals surface area contributed by atoms with Crippen LogP contribution in [-0.4, -0.2) is 9.97 Å². The first-order valence-electron chi connectivity index (χ1n) is 6.01. The average molecular weight is 323 g/mol. The molecule has 0 saturated heterocycles. The van der Waals surface area contributed by atoms with Crippen LogP contribution in [0.5, 0.6) is 0 Å². The van der Waals surface area contributed by atoms with E-state index < -0.39 is 0 Å². The van der Waals surface area contributed by atoms with Crippen molar-refractivity contribution in [1.29, 1.82) is 0 Å². The van der Waals surface area contributed by atoms with Gasteiger partial charge >= 0.3 is 0 Å². The van der Waals surface area contributed by atoms with Gasteiger partial charge in [-0.15, -0.1) is 23.1 Å². The van der Waals surface area contributed by atoms with Gasteiger partial charge in [0.1, 0.15) is 10.5 Å². The molecule has 0 aliphatic rings. The van der Waals surface area contributed by atoms with Crippen LogP contribution in [0.2, 0.25) is 5.02 Å². The van der Waals surface area contributed by atoms with Crippen molar-refractivity contribution in [3.8, 4) is 0 Å². The maximum Gasteiger partial charge on any atom is 0.268 e. The largest absolute Gasteiger partial charge is 0.309 e. The number of nitrogens with zero attached hydrogens (tertiary/aromatic N) is 1. The fourth-order valence-electron chi connectivity index (χ4n) is 1.88. The standard InChI is InChI=1S/C14H11ClN2OS2/c15-10-3-1-2-9(6-10)7-19-8-12-16-11-4-5-20-13(11)14(18)17-12/h1-6H,7-8H2,(H,16,17,18). The summed E-state index contributed by atoms with van der Waals surface area (Å²) in [4.78, 5) is 19.1. The molecule has 0 amide bonds. The van der Waals surface area contributed by atoms with Crippen LogP contribution in [0.3, 0.4) is 0 Å². The van der Waals surface area contributed by atoms with Crippen LogP contribution in [-0.2, 0) is 11.5 Å². The molecule has 0 saturated carbocycles. The Balaban J connectivity index is 1.69. The minimum absolute atomic E-state index is 0.0524. The topological polar surface area (TPSA) is 45.8 Å². The lowest BCUT2D eigenvalue weighted by Gasteiger charge is -2.02. The van der Waals surface area contributed by atoms with Crippen molar-refractivity contribution in [3.63, 3.8) is 0 Å². The molecule has 2 heterocycles. The van der Waals surface area contributed by atoms with Gasteiger partial charge in [-0.25, -0.2) is 4.98 Å². The Morgan fingerprint density at radius 1 is 1.30 bits per heavy atom. The van der Waals surface area contributed by atoms with E-state index in [0.717, 1.165) is 16.3 Å². The van der Waals surface area contributed by atoms with Gasteiger partial charge in [0.25, 0.3) is 5.56 Å². The Morgan fingerprint density at radius 3 is 3.05 bits per heavy atom. The average Bonchev–Trinajstić information content (AvgIpc) is 2.88. The van der Waals surface area contributed by atoms with Crippen LogP contribution < -0.4 is 5.56 Å². The molecule has 0 radical (unpaired) electrons. The van der Waals surface area contributed by atoms with Crippen LogP contribution in [0, 0.1) is 0 Å². The minimum atomic E-state index is -0.0524. The van der Waals surface area contributed by atoms with E-state index in [9.17, 15) is 4.79 Å². The van der Waals surface area contributed by atoms with E-state index in [1.807, 2.05) is 35.7 Å². The maximum atomic E-state index is 11.8. The summed E-state index contributed by atoms with van der Waals surface area (Å²) in [6, 6.07) is 9.67. The van der Waals surface area contributed by atoms with E-state index in [-0.39, 0.29) is 5.56 Å². The summed E-state index contributed by atoms with van der Waals surface area (Å²) < 4.78 is 0.689. The Hall–Kier alpha value is -1.30. The molecule has 0 atom stereocenters. The molecule has 1 N–H and O–H groups in total. The van der Waals surface area contributed by atoms with Crippen LogP contribution in [0.25, 0.3) is 10.2 Å². The van der Waals surface area contributed by atoms with E-state index in [1.165, 1.54) is 16.9 Å². The molecule has 0 unspecified atom stereocenters. The summed E-state index contributed by atoms with van der Waals surface area (Å²) in [6.45, 7) is 0. The summed E-state index contributed by atoms with van der Waals surface area (Å²) in [7, 11) is 0. The summed E-state index contributed by atoms with van der Waals surface area (Å²) in [5, 5.41) is 2.63. The fraction of sp³-hybridized carbons (Fsp3) is 0.143. The second-order valence-corrected chi connectivity index (χ2v) is 6.61. The molecule has 102 valence electrons. The van der Waals surface area contributed by atoms with E-state index in [4.69, 9.17) is 11.6 Å². The van der Waals surface area contributed by atoms with Crippen LogP contribution >= 0.6 is 34.7 Å². The molecule has 0 spiro atoms. The zero-order valence-corrected chi connectivity index (χ0v) is 12.8. The van der Waals surface area contributed by atoms with E-state index >= 15 is 0 Å². The molecular weight excluding hydrogens is 312 g/mol. The highest BCUT2D eigenvalue weighted by atomic mass is 35.5. The normalized spacial score (nSPS) is 11.1. The molecule has 6 heteroatoms. The predicted octanol–water partition coefficient (Wildman–Crippen LogP) is 4.07. The predicted molar refractivity (Wildman–Crippen MR) is 86.7 cm³/mol. The number of H-pyrrole nitrogens is 1. The highest BCUT2D eigenvalue weighted by molar-refractivity contribution is 7.97. The van der Waals surface area contributed by atoms with E-state index in [1.54, 1.807) is 11.8 Å². The number of thiophene rings is 1. The zero-order chi connectivity index (χ0) is 13.9. The molecule has 0 aliphatic heterocycles. The maximum absolute atomic E-state index is 11.8. The summed E-state index contributed by atoms with van der Waals surface area (Å²) in [5.41, 5.74) is 1.89. The van der Waals surface area contributed by atoms with Crippen molar-refractivity contribution in [2.24, 2.45) is 0 Å². The summed E-state index contributed by atoms with van der Waals surface area (Å²) in [6.07, 6.45) is 0. The van der Waals surface area contributed by atoms with Crippen LogP contribution in [0.4, 0.5) is 0 Å². The van der Waals surface area contributed by atoms with Crippen molar-refractivity contribution in [3.05, 3.63) is 62.5 Å². The van der Waals surface area contributed by atoms with Gasteiger partial charge in [-0.2, -0.15) is 0 Å². The van der Waals surface area contributed by atoms with Crippen LogP contribution in [0.1, 0.15) is 11.4 Å². The zero-order valence-electron chi connectivity index (χ0n) is 10.4. The molecule has 2 aromatic heterocycles. The smallest absolute Gasteiger partial charge is 0.268 e. The van der Waals surface area contributed by atoms with Gasteiger partial charge in [-0.3, -0.25) is 4.79 Å². The van der Waals surface area contributed by atoms with E-state index in [2.05, 4.69) is 9.97 Å². The Labute approximate surface area is 129 Å². The van der Waals surface area contributed by atoms with Crippen molar-refractivity contribution in [1.82, 2.24) is 9.97 Å². The number of benzene rings is 1. The van der Waals surface area contributed by atoms with Crippen molar-refractivity contribution in [2.75, 3.05) is 0 Å². The van der Waals surface area contributed by atoms with Crippen LogP contribution in [0.15, 0.2) is 40.5 Å². The highest BCUT2D eigenvalue weighted by Crippen LogP contribution is 2.20. The fourth-order valence-corrected chi connectivity index (χ4v) is 3.67. The number of rotatable bonds is 4. The number of halogens is 1. The van der Waals surface area contributed by atoms with E-state index in [0.29, 0.717) is 16.3 Å². The second-order valence-electron chi connectivity index (χ2n) is 4.27. The number of hydrogen-bond acceptors (Lipinski definition) is 4. The number of nitrogens with one attached hydrogen (secondary N) is 1. The number of aromatic amines is 1. The third kappa shape index (κ3) is 3.06. The van der Waals surface area contributed by atoms with Crippen molar-refractivity contribution < 1.29 is 0 Å². The van der Waals surface area contributed by atoms with Gasteiger partial charge in [0, 0.05) is 10.8 Å². The SMILES string of the molecule is O=c1[nH]c(CSCc2cccc(Cl)c2)nc2ccsc12. The minimum Gasteiger partial charge on any atom is -0.309 e. The van der Waals surface area contributed by atoms with Crippen molar-refractivity contribution >= 4 is 44.9 Å².